The number of carboxylic acids is 1. The van der Waals surface area contributed by atoms with E-state index < -0.39 is 5.97 Å². The fraction of sp³-hybridized carbons (Fsp3) is 0.917. The molecule has 1 N–H and O–H groups in total. The second-order valence-corrected chi connectivity index (χ2v) is 4.62. The minimum absolute atomic E-state index is 0.220. The second-order valence-electron chi connectivity index (χ2n) is 4.62. The Morgan fingerprint density at radius 3 is 2.94 bits per heavy atom. The molecule has 1 saturated heterocycles. The predicted molar refractivity (Wildman–Crippen MR) is 62.6 cm³/mol. The van der Waals surface area contributed by atoms with Gasteiger partial charge in [-0.25, -0.2) is 0 Å². The Hall–Kier alpha value is -0.610. The molecule has 1 fully saturated rings. The van der Waals surface area contributed by atoms with Crippen molar-refractivity contribution in [2.45, 2.75) is 51.1 Å². The molecule has 4 nitrogen and oxygen atoms in total. The van der Waals surface area contributed by atoms with E-state index in [1.165, 1.54) is 6.42 Å². The summed E-state index contributed by atoms with van der Waals surface area (Å²) in [5.41, 5.74) is 0. The summed E-state index contributed by atoms with van der Waals surface area (Å²) in [6.45, 7) is 3.94. The second kappa shape index (κ2) is 6.86. The van der Waals surface area contributed by atoms with Crippen LogP contribution >= 0.6 is 0 Å². The first-order valence-electron chi connectivity index (χ1n) is 6.11. The van der Waals surface area contributed by atoms with Crippen molar-refractivity contribution in [2.75, 3.05) is 20.3 Å². The van der Waals surface area contributed by atoms with E-state index in [1.54, 1.807) is 7.11 Å². The molecule has 2 atom stereocenters. The Morgan fingerprint density at radius 2 is 2.31 bits per heavy atom. The molecular weight excluding hydrogens is 206 g/mol. The van der Waals surface area contributed by atoms with E-state index in [1.807, 2.05) is 0 Å². The van der Waals surface area contributed by atoms with Crippen molar-refractivity contribution in [3.05, 3.63) is 0 Å². The minimum Gasteiger partial charge on any atom is -0.481 e. The molecule has 0 aromatic heterocycles. The van der Waals surface area contributed by atoms with Crippen molar-refractivity contribution in [3.8, 4) is 0 Å². The third-order valence-electron chi connectivity index (χ3n) is 3.39. The van der Waals surface area contributed by atoms with Crippen LogP contribution in [0, 0.1) is 0 Å². The highest BCUT2D eigenvalue weighted by atomic mass is 16.5. The molecule has 4 heteroatoms. The van der Waals surface area contributed by atoms with Crippen molar-refractivity contribution in [3.63, 3.8) is 0 Å². The summed E-state index contributed by atoms with van der Waals surface area (Å²) in [6, 6.07) is 0.641. The normalized spacial score (nSPS) is 24.2. The number of hydrogen-bond donors (Lipinski definition) is 1. The average molecular weight is 229 g/mol. The first-order valence-corrected chi connectivity index (χ1v) is 6.11. The zero-order chi connectivity index (χ0) is 12.0. The van der Waals surface area contributed by atoms with E-state index >= 15 is 0 Å². The number of ether oxygens (including phenoxy) is 1. The molecule has 0 aromatic rings. The van der Waals surface area contributed by atoms with Gasteiger partial charge in [0.15, 0.2) is 0 Å². The molecule has 16 heavy (non-hydrogen) atoms. The lowest BCUT2D eigenvalue weighted by Crippen LogP contribution is -2.46. The largest absolute Gasteiger partial charge is 0.481 e. The summed E-state index contributed by atoms with van der Waals surface area (Å²) in [5, 5.41) is 8.89. The molecule has 0 spiro atoms. The van der Waals surface area contributed by atoms with Gasteiger partial charge in [0.05, 0.1) is 6.42 Å². The lowest BCUT2D eigenvalue weighted by Gasteiger charge is -2.39. The quantitative estimate of drug-likeness (QED) is 0.753. The van der Waals surface area contributed by atoms with Gasteiger partial charge in [0, 0.05) is 25.8 Å². The smallest absolute Gasteiger partial charge is 0.304 e. The standard InChI is InChI=1S/C12H23NO3/c1-10(6-8-16-2)13-7-4-3-5-11(13)9-12(14)15/h10-11H,3-9H2,1-2H3,(H,14,15). The maximum atomic E-state index is 10.8. The van der Waals surface area contributed by atoms with Crippen LogP contribution in [0.2, 0.25) is 0 Å². The molecule has 0 radical (unpaired) electrons. The Balaban J connectivity index is 2.48. The van der Waals surface area contributed by atoms with E-state index in [2.05, 4.69) is 11.8 Å². The number of aliphatic carboxylic acids is 1. The van der Waals surface area contributed by atoms with Crippen molar-refractivity contribution >= 4 is 5.97 Å². The highest BCUT2D eigenvalue weighted by Gasteiger charge is 2.27. The molecule has 1 heterocycles. The number of carboxylic acid groups (broad SMARTS) is 1. The van der Waals surface area contributed by atoms with Gasteiger partial charge in [0.25, 0.3) is 0 Å². The molecular formula is C12H23NO3. The monoisotopic (exact) mass is 229 g/mol. The molecule has 1 aliphatic rings. The predicted octanol–water partition coefficient (Wildman–Crippen LogP) is 1.74. The topological polar surface area (TPSA) is 49.8 Å². The van der Waals surface area contributed by atoms with Crippen molar-refractivity contribution in [1.29, 1.82) is 0 Å². The van der Waals surface area contributed by atoms with E-state index in [4.69, 9.17) is 9.84 Å². The van der Waals surface area contributed by atoms with Crippen LogP contribution in [0.25, 0.3) is 0 Å². The number of likely N-dealkylation sites (tertiary alicyclic amines) is 1. The van der Waals surface area contributed by atoms with Crippen LogP contribution in [-0.4, -0.2) is 48.3 Å². The first kappa shape index (κ1) is 13.5. The first-order chi connectivity index (χ1) is 7.65. The Labute approximate surface area is 97.6 Å². The third kappa shape index (κ3) is 4.10. The number of rotatable bonds is 6. The van der Waals surface area contributed by atoms with Crippen molar-refractivity contribution < 1.29 is 14.6 Å². The van der Waals surface area contributed by atoms with Crippen LogP contribution in [0.1, 0.15) is 39.0 Å². The number of piperidine rings is 1. The fourth-order valence-corrected chi connectivity index (χ4v) is 2.48. The summed E-state index contributed by atoms with van der Waals surface area (Å²) >= 11 is 0. The molecule has 0 aromatic carbocycles. The van der Waals surface area contributed by atoms with E-state index in [0.29, 0.717) is 6.04 Å². The Bertz CT molecular complexity index is 220. The van der Waals surface area contributed by atoms with Gasteiger partial charge in [-0.3, -0.25) is 9.69 Å². The summed E-state index contributed by atoms with van der Waals surface area (Å²) < 4.78 is 5.08. The Kier molecular flexibility index (Phi) is 5.77. The molecule has 0 amide bonds. The van der Waals surface area contributed by atoms with Crippen LogP contribution in [0.15, 0.2) is 0 Å². The van der Waals surface area contributed by atoms with Crippen molar-refractivity contribution in [2.24, 2.45) is 0 Å². The lowest BCUT2D eigenvalue weighted by atomic mass is 9.97. The van der Waals surface area contributed by atoms with Gasteiger partial charge >= 0.3 is 5.97 Å². The third-order valence-corrected chi connectivity index (χ3v) is 3.39. The molecule has 0 saturated carbocycles. The van der Waals surface area contributed by atoms with E-state index in [9.17, 15) is 4.79 Å². The van der Waals surface area contributed by atoms with Crippen LogP contribution < -0.4 is 0 Å². The number of methoxy groups -OCH3 is 1. The van der Waals surface area contributed by atoms with E-state index in [-0.39, 0.29) is 12.5 Å². The average Bonchev–Trinajstić information content (AvgIpc) is 2.26. The van der Waals surface area contributed by atoms with Gasteiger partial charge in [0.1, 0.15) is 0 Å². The zero-order valence-corrected chi connectivity index (χ0v) is 10.3. The van der Waals surface area contributed by atoms with Gasteiger partial charge in [-0.05, 0) is 32.7 Å². The van der Waals surface area contributed by atoms with Crippen LogP contribution in [0.5, 0.6) is 0 Å². The minimum atomic E-state index is -0.684. The molecule has 0 bridgehead atoms. The zero-order valence-electron chi connectivity index (χ0n) is 10.3. The Morgan fingerprint density at radius 1 is 1.56 bits per heavy atom. The highest BCUT2D eigenvalue weighted by molar-refractivity contribution is 5.67. The van der Waals surface area contributed by atoms with Crippen LogP contribution in [-0.2, 0) is 9.53 Å². The molecule has 94 valence electrons. The van der Waals surface area contributed by atoms with Gasteiger partial charge in [-0.2, -0.15) is 0 Å². The van der Waals surface area contributed by atoms with Crippen LogP contribution in [0.4, 0.5) is 0 Å². The summed E-state index contributed by atoms with van der Waals surface area (Å²) in [7, 11) is 1.71. The highest BCUT2D eigenvalue weighted by Crippen LogP contribution is 2.23. The SMILES string of the molecule is COCCC(C)N1CCCCC1CC(=O)O. The number of hydrogen-bond acceptors (Lipinski definition) is 3. The van der Waals surface area contributed by atoms with Crippen molar-refractivity contribution in [1.82, 2.24) is 4.90 Å². The van der Waals surface area contributed by atoms with Gasteiger partial charge in [0.2, 0.25) is 0 Å². The maximum absolute atomic E-state index is 10.8. The molecule has 1 rings (SSSR count). The fourth-order valence-electron chi connectivity index (χ4n) is 2.48. The summed E-state index contributed by atoms with van der Waals surface area (Å²) in [6.07, 6.45) is 4.62. The van der Waals surface area contributed by atoms with Gasteiger partial charge < -0.3 is 9.84 Å². The molecule has 2 unspecified atom stereocenters. The van der Waals surface area contributed by atoms with Crippen LogP contribution in [0.3, 0.4) is 0 Å². The number of nitrogens with zero attached hydrogens (tertiary/aromatic N) is 1. The summed E-state index contributed by atoms with van der Waals surface area (Å²) in [4.78, 5) is 13.1. The lowest BCUT2D eigenvalue weighted by molar-refractivity contribution is -0.139. The summed E-state index contributed by atoms with van der Waals surface area (Å²) in [5.74, 6) is -0.684. The van der Waals surface area contributed by atoms with Gasteiger partial charge in [-0.15, -0.1) is 0 Å². The number of carbonyl (C=O) groups is 1. The molecule has 1 aliphatic heterocycles. The maximum Gasteiger partial charge on any atom is 0.304 e. The van der Waals surface area contributed by atoms with E-state index in [0.717, 1.165) is 32.4 Å². The van der Waals surface area contributed by atoms with Gasteiger partial charge in [-0.1, -0.05) is 6.42 Å². The molecule has 0 aliphatic carbocycles.